The van der Waals surface area contributed by atoms with Crippen molar-refractivity contribution in [1.82, 2.24) is 14.3 Å². The Balaban J connectivity index is 1.43. The molecule has 8 nitrogen and oxygen atoms in total. The lowest BCUT2D eigenvalue weighted by Crippen LogP contribution is -2.38. The topological polar surface area (TPSA) is 114 Å². The first-order valence-corrected chi connectivity index (χ1v) is 12.5. The first-order valence-electron chi connectivity index (χ1n) is 12.5. The van der Waals surface area contributed by atoms with Gasteiger partial charge >= 0.3 is 0 Å². The van der Waals surface area contributed by atoms with E-state index in [1.54, 1.807) is 28.5 Å². The summed E-state index contributed by atoms with van der Waals surface area (Å²) in [5.74, 6) is 0.758. The van der Waals surface area contributed by atoms with E-state index in [1.807, 2.05) is 72.8 Å². The zero-order valence-electron chi connectivity index (χ0n) is 21.0. The number of amides is 2. The Bertz CT molecular complexity index is 1560. The number of ether oxygens (including phenoxy) is 1. The van der Waals surface area contributed by atoms with E-state index >= 15 is 0 Å². The van der Waals surface area contributed by atoms with Gasteiger partial charge in [-0.05, 0) is 73.7 Å². The van der Waals surface area contributed by atoms with Crippen LogP contribution >= 0.6 is 0 Å². The maximum Gasteiger partial charge on any atom is 0.268 e. The lowest BCUT2D eigenvalue weighted by atomic mass is 9.89. The molecule has 2 aromatic heterocycles. The molecule has 190 valence electrons. The highest BCUT2D eigenvalue weighted by Gasteiger charge is 2.28. The van der Waals surface area contributed by atoms with Crippen LogP contribution in [0.3, 0.4) is 0 Å². The number of nitrogens with two attached hydrogens (primary N) is 1. The van der Waals surface area contributed by atoms with E-state index < -0.39 is 5.91 Å². The summed E-state index contributed by atoms with van der Waals surface area (Å²) in [5, 5.41) is 9.20. The normalized spacial score (nSPS) is 14.3. The predicted octanol–water partition coefficient (Wildman–Crippen LogP) is 5.07. The summed E-state index contributed by atoms with van der Waals surface area (Å²) < 4.78 is 7.65. The third kappa shape index (κ3) is 4.74. The molecule has 0 spiro atoms. The average Bonchev–Trinajstić information content (AvgIpc) is 3.35. The number of imidazole rings is 1. The van der Waals surface area contributed by atoms with Gasteiger partial charge in [-0.2, -0.15) is 5.26 Å². The lowest BCUT2D eigenvalue weighted by Gasteiger charge is -2.32. The summed E-state index contributed by atoms with van der Waals surface area (Å²) in [6, 6.07) is 22.8. The number of benzene rings is 2. The van der Waals surface area contributed by atoms with E-state index in [1.165, 1.54) is 0 Å². The van der Waals surface area contributed by atoms with Crippen molar-refractivity contribution in [3.05, 3.63) is 95.8 Å². The Morgan fingerprint density at radius 2 is 1.71 bits per heavy atom. The minimum absolute atomic E-state index is 0.150. The number of para-hydroxylation sites is 1. The molecule has 1 saturated heterocycles. The number of aromatic nitrogens is 2. The zero-order chi connectivity index (χ0) is 26.6. The molecule has 0 aliphatic carbocycles. The van der Waals surface area contributed by atoms with E-state index in [2.05, 4.69) is 0 Å². The number of carbonyl (C=O) groups is 2. The average molecular weight is 506 g/mol. The van der Waals surface area contributed by atoms with Gasteiger partial charge in [-0.1, -0.05) is 30.3 Å². The number of hydrogen-bond donors (Lipinski definition) is 1. The van der Waals surface area contributed by atoms with Crippen molar-refractivity contribution in [1.29, 1.82) is 5.26 Å². The molecular weight excluding hydrogens is 478 g/mol. The number of rotatable bonds is 6. The fourth-order valence-corrected chi connectivity index (χ4v) is 4.95. The van der Waals surface area contributed by atoms with Gasteiger partial charge in [0.15, 0.2) is 0 Å². The van der Waals surface area contributed by atoms with E-state index in [9.17, 15) is 14.9 Å². The van der Waals surface area contributed by atoms with Crippen molar-refractivity contribution in [3.8, 4) is 28.8 Å². The number of carbonyl (C=O) groups excluding carboxylic acids is 2. The van der Waals surface area contributed by atoms with Crippen LogP contribution in [0.5, 0.6) is 11.5 Å². The number of hydrogen-bond acceptors (Lipinski definition) is 5. The molecule has 8 heteroatoms. The molecule has 0 unspecified atom stereocenters. The number of pyridine rings is 1. The molecule has 0 radical (unpaired) electrons. The minimum Gasteiger partial charge on any atom is -0.457 e. The maximum absolute atomic E-state index is 12.6. The second-order valence-corrected chi connectivity index (χ2v) is 9.15. The molecule has 1 aliphatic rings. The first-order chi connectivity index (χ1) is 18.5. The number of primary amides is 1. The van der Waals surface area contributed by atoms with Crippen molar-refractivity contribution in [3.63, 3.8) is 0 Å². The monoisotopic (exact) mass is 505 g/mol. The van der Waals surface area contributed by atoms with E-state index in [0.29, 0.717) is 35.9 Å². The number of nitrogens with zero attached hydrogens (tertiary/aromatic N) is 4. The Morgan fingerprint density at radius 1 is 1.03 bits per heavy atom. The third-order valence-corrected chi connectivity index (χ3v) is 6.88. The molecule has 1 fully saturated rings. The van der Waals surface area contributed by atoms with Gasteiger partial charge in [-0.3, -0.25) is 14.0 Å². The highest BCUT2D eigenvalue weighted by molar-refractivity contribution is 5.99. The van der Waals surface area contributed by atoms with Gasteiger partial charge < -0.3 is 15.4 Å². The molecule has 38 heavy (non-hydrogen) atoms. The molecule has 0 saturated carbocycles. The van der Waals surface area contributed by atoms with Crippen LogP contribution in [0, 0.1) is 11.3 Å². The number of nitriles is 1. The molecular formula is C30H27N5O3. The fraction of sp³-hybridized carbons (Fsp3) is 0.200. The van der Waals surface area contributed by atoms with Gasteiger partial charge in [0.1, 0.15) is 40.2 Å². The van der Waals surface area contributed by atoms with Crippen LogP contribution in [-0.4, -0.2) is 39.2 Å². The minimum atomic E-state index is -0.565. The van der Waals surface area contributed by atoms with E-state index in [0.717, 1.165) is 29.7 Å². The Hall–Kier alpha value is -4.90. The summed E-state index contributed by atoms with van der Waals surface area (Å²) in [6.45, 7) is 2.78. The van der Waals surface area contributed by atoms with Crippen molar-refractivity contribution in [2.24, 2.45) is 5.73 Å². The highest BCUT2D eigenvalue weighted by atomic mass is 16.5. The van der Waals surface area contributed by atoms with Gasteiger partial charge in [0.05, 0.1) is 0 Å². The first kappa shape index (κ1) is 24.8. The molecule has 4 aromatic rings. The van der Waals surface area contributed by atoms with Crippen LogP contribution in [0.25, 0.3) is 16.9 Å². The van der Waals surface area contributed by atoms with E-state index in [-0.39, 0.29) is 17.4 Å². The molecule has 2 aromatic carbocycles. The fourth-order valence-electron chi connectivity index (χ4n) is 4.95. The summed E-state index contributed by atoms with van der Waals surface area (Å²) in [4.78, 5) is 31.8. The molecule has 3 heterocycles. The smallest absolute Gasteiger partial charge is 0.268 e. The number of likely N-dealkylation sites (tertiary alicyclic amines) is 1. The van der Waals surface area contributed by atoms with Gasteiger partial charge in [-0.15, -0.1) is 0 Å². The van der Waals surface area contributed by atoms with Gasteiger partial charge in [-0.25, -0.2) is 4.98 Å². The Kier molecular flexibility index (Phi) is 6.92. The van der Waals surface area contributed by atoms with Crippen LogP contribution in [-0.2, 0) is 4.79 Å². The van der Waals surface area contributed by atoms with Crippen molar-refractivity contribution in [2.45, 2.75) is 25.7 Å². The second-order valence-electron chi connectivity index (χ2n) is 9.15. The molecule has 0 atom stereocenters. The van der Waals surface area contributed by atoms with E-state index in [4.69, 9.17) is 15.5 Å². The SMILES string of the molecule is C/C=C(\C#N)C(=O)N1CCC(c2cccn3c(C(N)=O)c(-c4ccc(Oc5ccccc5)cc4)nc23)CC1. The van der Waals surface area contributed by atoms with Crippen LogP contribution in [0.2, 0.25) is 0 Å². The number of piperidine rings is 1. The van der Waals surface area contributed by atoms with Gasteiger partial charge in [0.2, 0.25) is 0 Å². The Labute approximate surface area is 220 Å². The van der Waals surface area contributed by atoms with Crippen LogP contribution in [0.4, 0.5) is 0 Å². The summed E-state index contributed by atoms with van der Waals surface area (Å²) in [5.41, 5.74) is 9.25. The quantitative estimate of drug-likeness (QED) is 0.290. The maximum atomic E-state index is 12.6. The highest BCUT2D eigenvalue weighted by Crippen LogP contribution is 2.34. The number of allylic oxidation sites excluding steroid dienone is 1. The van der Waals surface area contributed by atoms with Crippen LogP contribution < -0.4 is 10.5 Å². The Morgan fingerprint density at radius 3 is 2.34 bits per heavy atom. The third-order valence-electron chi connectivity index (χ3n) is 6.88. The predicted molar refractivity (Wildman–Crippen MR) is 144 cm³/mol. The zero-order valence-corrected chi connectivity index (χ0v) is 21.0. The molecule has 0 bridgehead atoms. The number of fused-ring (bicyclic) bond motifs is 1. The summed E-state index contributed by atoms with van der Waals surface area (Å²) in [6.07, 6.45) is 4.81. The van der Waals surface area contributed by atoms with Gasteiger partial charge in [0, 0.05) is 24.8 Å². The summed E-state index contributed by atoms with van der Waals surface area (Å²) >= 11 is 0. The second kappa shape index (κ2) is 10.6. The van der Waals surface area contributed by atoms with Crippen LogP contribution in [0.1, 0.15) is 41.7 Å². The molecule has 2 N–H and O–H groups in total. The molecule has 2 amide bonds. The van der Waals surface area contributed by atoms with Gasteiger partial charge in [0.25, 0.3) is 11.8 Å². The van der Waals surface area contributed by atoms with Crippen molar-refractivity contribution in [2.75, 3.05) is 13.1 Å². The lowest BCUT2D eigenvalue weighted by molar-refractivity contribution is -0.127. The largest absolute Gasteiger partial charge is 0.457 e. The van der Waals surface area contributed by atoms with Crippen molar-refractivity contribution < 1.29 is 14.3 Å². The van der Waals surface area contributed by atoms with Crippen LogP contribution in [0.15, 0.2) is 84.6 Å². The molecule has 1 aliphatic heterocycles. The standard InChI is InChI=1S/C30H27N5O3/c1-2-20(19-31)30(37)34-17-14-21(15-18-34)25-9-6-16-35-27(28(32)36)26(33-29(25)35)22-10-12-24(13-11-22)38-23-7-4-3-5-8-23/h2-13,16,21H,14-15,17-18H2,1H3,(H2,32,36)/b20-2+. The summed E-state index contributed by atoms with van der Waals surface area (Å²) in [7, 11) is 0. The van der Waals surface area contributed by atoms with Crippen molar-refractivity contribution >= 4 is 17.5 Å². The molecule has 5 rings (SSSR count).